The van der Waals surface area contributed by atoms with Gasteiger partial charge >= 0.3 is 0 Å². The van der Waals surface area contributed by atoms with E-state index in [0.717, 1.165) is 5.56 Å². The summed E-state index contributed by atoms with van der Waals surface area (Å²) in [5.74, 6) is 3.94. The SMILES string of the molecule is O=C(NCc1cccnc1)c1cc(C#CCO)ccc1F. The van der Waals surface area contributed by atoms with Gasteiger partial charge < -0.3 is 10.4 Å². The maximum absolute atomic E-state index is 13.7. The van der Waals surface area contributed by atoms with E-state index in [1.54, 1.807) is 18.5 Å². The van der Waals surface area contributed by atoms with Crippen LogP contribution >= 0.6 is 0 Å². The van der Waals surface area contributed by atoms with Crippen LogP contribution in [-0.4, -0.2) is 22.6 Å². The second-order valence-corrected chi connectivity index (χ2v) is 4.20. The highest BCUT2D eigenvalue weighted by atomic mass is 19.1. The third-order valence-electron chi connectivity index (χ3n) is 2.70. The molecule has 1 aromatic heterocycles. The number of carbonyl (C=O) groups is 1. The summed E-state index contributed by atoms with van der Waals surface area (Å²) in [5, 5.41) is 11.3. The Balaban J connectivity index is 2.11. The van der Waals surface area contributed by atoms with E-state index in [9.17, 15) is 9.18 Å². The van der Waals surface area contributed by atoms with Crippen molar-refractivity contribution in [2.75, 3.05) is 6.61 Å². The summed E-state index contributed by atoms with van der Waals surface area (Å²) in [5.41, 5.74) is 1.21. The Morgan fingerprint density at radius 2 is 2.24 bits per heavy atom. The standard InChI is InChI=1S/C16H13FN2O2/c17-15-6-5-12(4-2-8-20)9-14(15)16(21)19-11-13-3-1-7-18-10-13/h1,3,5-7,9-10,20H,8,11H2,(H,19,21). The first kappa shape index (κ1) is 14.7. The Labute approximate surface area is 121 Å². The summed E-state index contributed by atoms with van der Waals surface area (Å²) in [6.07, 6.45) is 3.26. The lowest BCUT2D eigenvalue weighted by molar-refractivity contribution is 0.0947. The average molecular weight is 284 g/mol. The molecule has 4 nitrogen and oxygen atoms in total. The molecule has 0 aliphatic carbocycles. The fourth-order valence-corrected chi connectivity index (χ4v) is 1.70. The lowest BCUT2D eigenvalue weighted by atomic mass is 10.1. The van der Waals surface area contributed by atoms with Gasteiger partial charge in [0.2, 0.25) is 0 Å². The largest absolute Gasteiger partial charge is 0.384 e. The number of hydrogen-bond acceptors (Lipinski definition) is 3. The summed E-state index contributed by atoms with van der Waals surface area (Å²) >= 11 is 0. The van der Waals surface area contributed by atoms with Crippen LogP contribution in [0.4, 0.5) is 4.39 Å². The van der Waals surface area contributed by atoms with E-state index in [1.165, 1.54) is 18.2 Å². The van der Waals surface area contributed by atoms with Crippen LogP contribution in [-0.2, 0) is 6.54 Å². The molecule has 1 aromatic carbocycles. The molecular weight excluding hydrogens is 271 g/mol. The molecule has 1 heterocycles. The van der Waals surface area contributed by atoms with Crippen molar-refractivity contribution in [2.45, 2.75) is 6.54 Å². The van der Waals surface area contributed by atoms with Gasteiger partial charge in [-0.15, -0.1) is 0 Å². The number of hydrogen-bond donors (Lipinski definition) is 2. The van der Waals surface area contributed by atoms with Crippen LogP contribution in [0.3, 0.4) is 0 Å². The number of nitrogens with zero attached hydrogens (tertiary/aromatic N) is 1. The Bertz CT molecular complexity index is 690. The molecule has 0 unspecified atom stereocenters. The highest BCUT2D eigenvalue weighted by molar-refractivity contribution is 5.94. The molecular formula is C16H13FN2O2. The van der Waals surface area contributed by atoms with E-state index in [4.69, 9.17) is 5.11 Å². The molecule has 0 bridgehead atoms. The van der Waals surface area contributed by atoms with Gasteiger partial charge in [0, 0.05) is 24.5 Å². The minimum Gasteiger partial charge on any atom is -0.384 e. The molecule has 0 aliphatic heterocycles. The molecule has 0 atom stereocenters. The molecule has 0 aliphatic rings. The fourth-order valence-electron chi connectivity index (χ4n) is 1.70. The van der Waals surface area contributed by atoms with Gasteiger partial charge in [-0.3, -0.25) is 9.78 Å². The van der Waals surface area contributed by atoms with Crippen molar-refractivity contribution in [3.8, 4) is 11.8 Å². The first-order chi connectivity index (χ1) is 10.2. The number of halogens is 1. The Hall–Kier alpha value is -2.71. The summed E-state index contributed by atoms with van der Waals surface area (Å²) in [7, 11) is 0. The highest BCUT2D eigenvalue weighted by Crippen LogP contribution is 2.10. The summed E-state index contributed by atoms with van der Waals surface area (Å²) in [6, 6.07) is 7.56. The third kappa shape index (κ3) is 4.13. The van der Waals surface area contributed by atoms with E-state index in [-0.39, 0.29) is 18.7 Å². The molecule has 2 rings (SSSR count). The third-order valence-corrected chi connectivity index (χ3v) is 2.70. The van der Waals surface area contributed by atoms with Crippen molar-refractivity contribution in [2.24, 2.45) is 0 Å². The van der Waals surface area contributed by atoms with Gasteiger partial charge in [0.15, 0.2) is 0 Å². The Kier molecular flexibility index (Phi) is 5.02. The van der Waals surface area contributed by atoms with Gasteiger partial charge in [0.1, 0.15) is 12.4 Å². The van der Waals surface area contributed by atoms with Gasteiger partial charge in [-0.05, 0) is 29.8 Å². The number of nitrogens with one attached hydrogen (secondary N) is 1. The number of aliphatic hydroxyl groups excluding tert-OH is 1. The van der Waals surface area contributed by atoms with Crippen LogP contribution in [0.5, 0.6) is 0 Å². The normalized spacial score (nSPS) is 9.62. The predicted octanol–water partition coefficient (Wildman–Crippen LogP) is 1.49. The van der Waals surface area contributed by atoms with E-state index in [0.29, 0.717) is 5.56 Å². The summed E-state index contributed by atoms with van der Waals surface area (Å²) in [4.78, 5) is 15.9. The summed E-state index contributed by atoms with van der Waals surface area (Å²) < 4.78 is 13.7. The fraction of sp³-hybridized carbons (Fsp3) is 0.125. The zero-order valence-corrected chi connectivity index (χ0v) is 11.1. The quantitative estimate of drug-likeness (QED) is 0.840. The van der Waals surface area contributed by atoms with Crippen LogP contribution in [0.15, 0.2) is 42.7 Å². The zero-order valence-electron chi connectivity index (χ0n) is 11.1. The van der Waals surface area contributed by atoms with Crippen molar-refractivity contribution < 1.29 is 14.3 Å². The minimum absolute atomic E-state index is 0.0800. The van der Waals surface area contributed by atoms with Gasteiger partial charge in [0.25, 0.3) is 5.91 Å². The van der Waals surface area contributed by atoms with Crippen LogP contribution < -0.4 is 5.32 Å². The van der Waals surface area contributed by atoms with Crippen LogP contribution in [0.1, 0.15) is 21.5 Å². The predicted molar refractivity (Wildman–Crippen MR) is 75.8 cm³/mol. The second kappa shape index (κ2) is 7.17. The van der Waals surface area contributed by atoms with E-state index in [1.807, 2.05) is 6.07 Å². The van der Waals surface area contributed by atoms with E-state index < -0.39 is 11.7 Å². The maximum atomic E-state index is 13.7. The molecule has 0 saturated heterocycles. The van der Waals surface area contributed by atoms with Crippen molar-refractivity contribution in [3.05, 3.63) is 65.2 Å². The van der Waals surface area contributed by atoms with E-state index in [2.05, 4.69) is 22.1 Å². The van der Waals surface area contributed by atoms with Crippen molar-refractivity contribution in [1.29, 1.82) is 0 Å². The molecule has 106 valence electrons. The van der Waals surface area contributed by atoms with Gasteiger partial charge in [0.05, 0.1) is 5.56 Å². The van der Waals surface area contributed by atoms with Crippen LogP contribution in [0.2, 0.25) is 0 Å². The first-order valence-corrected chi connectivity index (χ1v) is 6.27. The van der Waals surface area contributed by atoms with Crippen molar-refractivity contribution >= 4 is 5.91 Å². The molecule has 0 spiro atoms. The topological polar surface area (TPSA) is 62.2 Å². The van der Waals surface area contributed by atoms with Crippen molar-refractivity contribution in [3.63, 3.8) is 0 Å². The number of benzene rings is 1. The van der Waals surface area contributed by atoms with Gasteiger partial charge in [-0.1, -0.05) is 17.9 Å². The lowest BCUT2D eigenvalue weighted by Gasteiger charge is -2.06. The van der Waals surface area contributed by atoms with Crippen LogP contribution in [0.25, 0.3) is 0 Å². The molecule has 2 N–H and O–H groups in total. The minimum atomic E-state index is -0.617. The molecule has 0 saturated carbocycles. The highest BCUT2D eigenvalue weighted by Gasteiger charge is 2.11. The smallest absolute Gasteiger partial charge is 0.254 e. The Morgan fingerprint density at radius 3 is 2.95 bits per heavy atom. The van der Waals surface area contributed by atoms with E-state index >= 15 is 0 Å². The van der Waals surface area contributed by atoms with Gasteiger partial charge in [-0.25, -0.2) is 4.39 Å². The molecule has 5 heteroatoms. The Morgan fingerprint density at radius 1 is 1.38 bits per heavy atom. The van der Waals surface area contributed by atoms with Gasteiger partial charge in [-0.2, -0.15) is 0 Å². The molecule has 0 fully saturated rings. The zero-order chi connectivity index (χ0) is 15.1. The number of aromatic nitrogens is 1. The summed E-state index contributed by atoms with van der Waals surface area (Å²) in [6.45, 7) is -0.0292. The average Bonchev–Trinajstić information content (AvgIpc) is 2.53. The number of pyridine rings is 1. The first-order valence-electron chi connectivity index (χ1n) is 6.27. The number of amides is 1. The lowest BCUT2D eigenvalue weighted by Crippen LogP contribution is -2.24. The molecule has 21 heavy (non-hydrogen) atoms. The second-order valence-electron chi connectivity index (χ2n) is 4.20. The van der Waals surface area contributed by atoms with Crippen molar-refractivity contribution in [1.82, 2.24) is 10.3 Å². The monoisotopic (exact) mass is 284 g/mol. The maximum Gasteiger partial charge on any atom is 0.254 e. The molecule has 0 radical (unpaired) electrons. The number of carbonyl (C=O) groups excluding carboxylic acids is 1. The number of aliphatic hydroxyl groups is 1. The van der Waals surface area contributed by atoms with Crippen LogP contribution in [0, 0.1) is 17.7 Å². The number of rotatable bonds is 3. The molecule has 2 aromatic rings. The molecule has 1 amide bonds.